The molecule has 2 aliphatic heterocycles. The van der Waals surface area contributed by atoms with Crippen LogP contribution >= 0.6 is 23.2 Å². The zero-order valence-electron chi connectivity index (χ0n) is 26.3. The number of hydrogen-bond acceptors (Lipinski definition) is 8. The number of piperazine rings is 1. The minimum absolute atomic E-state index is 0.168. The summed E-state index contributed by atoms with van der Waals surface area (Å²) in [5.74, 6) is -0.402. The van der Waals surface area contributed by atoms with Gasteiger partial charge in [0.15, 0.2) is 0 Å². The van der Waals surface area contributed by atoms with Crippen LogP contribution in [0.4, 0.5) is 21.9 Å². The van der Waals surface area contributed by atoms with Crippen LogP contribution in [0.5, 0.6) is 5.75 Å². The van der Waals surface area contributed by atoms with Crippen molar-refractivity contribution >= 4 is 46.3 Å². The Morgan fingerprint density at radius 2 is 1.70 bits per heavy atom. The minimum Gasteiger partial charge on any atom is -0.491 e. The van der Waals surface area contributed by atoms with Crippen LogP contribution in [0.2, 0.25) is 10.0 Å². The summed E-state index contributed by atoms with van der Waals surface area (Å²) in [6.45, 7) is 7.27. The van der Waals surface area contributed by atoms with E-state index in [0.29, 0.717) is 35.4 Å². The van der Waals surface area contributed by atoms with E-state index in [1.54, 1.807) is 23.1 Å². The molecule has 2 unspecified atom stereocenters. The maximum atomic E-state index is 12.0. The molecule has 3 heterocycles. The van der Waals surface area contributed by atoms with Crippen LogP contribution in [0.3, 0.4) is 0 Å². The molecule has 0 aliphatic carbocycles. The molecule has 2 fully saturated rings. The van der Waals surface area contributed by atoms with Crippen molar-refractivity contribution in [3.63, 3.8) is 0 Å². The third kappa shape index (κ3) is 8.28. The Hall–Kier alpha value is -4.03. The van der Waals surface area contributed by atoms with Crippen molar-refractivity contribution in [1.29, 1.82) is 0 Å². The summed E-state index contributed by atoms with van der Waals surface area (Å²) in [7, 11) is 0. The lowest BCUT2D eigenvalue weighted by Gasteiger charge is -2.37. The zero-order chi connectivity index (χ0) is 32.6. The number of amides is 2. The van der Waals surface area contributed by atoms with Gasteiger partial charge in [-0.3, -0.25) is 0 Å². The van der Waals surface area contributed by atoms with Gasteiger partial charge in [0, 0.05) is 60.4 Å². The Balaban J connectivity index is 0.987. The maximum absolute atomic E-state index is 12.0. The van der Waals surface area contributed by atoms with Gasteiger partial charge in [-0.05, 0) is 67.1 Å². The van der Waals surface area contributed by atoms with Crippen molar-refractivity contribution in [1.82, 2.24) is 20.1 Å². The van der Waals surface area contributed by atoms with E-state index in [2.05, 4.69) is 61.7 Å². The average Bonchev–Trinajstić information content (AvgIpc) is 3.75. The number of unbranched alkanes of at least 4 members (excludes halogenated alkanes) is 1. The van der Waals surface area contributed by atoms with Crippen molar-refractivity contribution in [2.45, 2.75) is 38.2 Å². The lowest BCUT2D eigenvalue weighted by Crippen LogP contribution is -2.46. The first-order chi connectivity index (χ1) is 22.9. The highest BCUT2D eigenvalue weighted by Crippen LogP contribution is 2.40. The van der Waals surface area contributed by atoms with Crippen LogP contribution in [0.25, 0.3) is 0 Å². The highest BCUT2D eigenvalue weighted by atomic mass is 35.5. The Bertz CT molecular complexity index is 1600. The normalized spacial score (nSPS) is 19.5. The second-order valence-corrected chi connectivity index (χ2v) is 12.4. The summed E-state index contributed by atoms with van der Waals surface area (Å²) in [5, 5.41) is 11.0. The van der Waals surface area contributed by atoms with Crippen LogP contribution < -0.4 is 25.2 Å². The molecule has 4 aromatic rings. The number of ether oxygens (including phenoxy) is 3. The number of nitrogens with one attached hydrogen (secondary N) is 2. The number of nitrogens with zero attached hydrogens (tertiary/aromatic N) is 5. The first-order valence-electron chi connectivity index (χ1n) is 15.9. The van der Waals surface area contributed by atoms with E-state index in [9.17, 15) is 4.79 Å². The largest absolute Gasteiger partial charge is 0.491 e. The lowest BCUT2D eigenvalue weighted by atomic mass is 10.1. The van der Waals surface area contributed by atoms with E-state index in [1.807, 2.05) is 30.3 Å². The number of carbonyl (C=O) groups is 1. The Morgan fingerprint density at radius 3 is 2.34 bits per heavy atom. The Morgan fingerprint density at radius 1 is 1.00 bits per heavy atom. The maximum Gasteiger partial charge on any atom is 0.319 e. The summed E-state index contributed by atoms with van der Waals surface area (Å²) in [4.78, 5) is 20.8. The van der Waals surface area contributed by atoms with E-state index in [1.165, 1.54) is 6.33 Å². The van der Waals surface area contributed by atoms with E-state index in [-0.39, 0.29) is 18.7 Å². The van der Waals surface area contributed by atoms with Crippen LogP contribution in [-0.4, -0.2) is 72.8 Å². The number of anilines is 3. The third-order valence-electron chi connectivity index (χ3n) is 8.26. The van der Waals surface area contributed by atoms with Gasteiger partial charge in [0.1, 0.15) is 37.7 Å². The van der Waals surface area contributed by atoms with Crippen LogP contribution in [0.1, 0.15) is 25.3 Å². The number of benzene rings is 3. The molecule has 0 spiro atoms. The number of hydrogen-bond donors (Lipinski definition) is 2. The highest BCUT2D eigenvalue weighted by Gasteiger charge is 2.45. The number of aromatic nitrogens is 3. The quantitative estimate of drug-likeness (QED) is 0.171. The van der Waals surface area contributed by atoms with E-state index >= 15 is 0 Å². The third-order valence-corrected chi connectivity index (χ3v) is 8.81. The van der Waals surface area contributed by atoms with Crippen molar-refractivity contribution < 1.29 is 19.0 Å². The molecular weight excluding hydrogens is 641 g/mol. The molecule has 2 atom stereocenters. The predicted octanol–water partition coefficient (Wildman–Crippen LogP) is 6.18. The molecule has 1 aromatic heterocycles. The van der Waals surface area contributed by atoms with Gasteiger partial charge in [0.2, 0.25) is 5.79 Å². The van der Waals surface area contributed by atoms with Crippen molar-refractivity contribution in [2.24, 2.45) is 0 Å². The number of carbonyl (C=O) groups excluding carboxylic acids is 1. The summed E-state index contributed by atoms with van der Waals surface area (Å²) in [5.41, 5.74) is 3.75. The molecule has 0 saturated carbocycles. The van der Waals surface area contributed by atoms with E-state index < -0.39 is 5.79 Å². The van der Waals surface area contributed by atoms with Crippen LogP contribution in [0.15, 0.2) is 79.4 Å². The van der Waals surface area contributed by atoms with Gasteiger partial charge >= 0.3 is 6.03 Å². The SMILES string of the molecule is CCCCNC(=O)Nc1ccc(N2CCN(c3ccc(OCC4COC(Cn5cncn5)(c5ccc(Cl)cc5Cl)O4)cc3)CC2)cc1. The Labute approximate surface area is 284 Å². The summed E-state index contributed by atoms with van der Waals surface area (Å²) in [6.07, 6.45) is 4.76. The van der Waals surface area contributed by atoms with Crippen LogP contribution in [-0.2, 0) is 21.8 Å². The van der Waals surface area contributed by atoms with Gasteiger partial charge in [-0.2, -0.15) is 5.10 Å². The highest BCUT2D eigenvalue weighted by molar-refractivity contribution is 6.35. The van der Waals surface area contributed by atoms with Gasteiger partial charge in [-0.15, -0.1) is 0 Å². The first-order valence-corrected chi connectivity index (χ1v) is 16.6. The van der Waals surface area contributed by atoms with Crippen molar-refractivity contribution in [3.05, 3.63) is 95.0 Å². The van der Waals surface area contributed by atoms with Gasteiger partial charge < -0.3 is 34.6 Å². The smallest absolute Gasteiger partial charge is 0.319 e. The summed E-state index contributed by atoms with van der Waals surface area (Å²) < 4.78 is 20.5. The van der Waals surface area contributed by atoms with Gasteiger partial charge in [0.05, 0.1) is 11.6 Å². The topological polar surface area (TPSA) is 106 Å². The number of urea groups is 1. The molecule has 13 heteroatoms. The molecule has 0 bridgehead atoms. The lowest BCUT2D eigenvalue weighted by molar-refractivity contribution is -0.190. The fourth-order valence-electron chi connectivity index (χ4n) is 5.76. The monoisotopic (exact) mass is 679 g/mol. The first kappa shape index (κ1) is 32.9. The fraction of sp³-hybridized carbons (Fsp3) is 0.382. The molecule has 2 amide bonds. The molecule has 0 radical (unpaired) electrons. The standard InChI is InChI=1S/C34H39Cl2N7O4/c1-2-3-14-38-33(44)40-26-5-7-27(8-6-26)41-15-17-42(18-16-41)28-9-11-29(12-10-28)45-20-30-21-46-34(47-30,22-43-24-37-23-39-43)31-13-4-25(35)19-32(31)36/h4-13,19,23-24,30H,2-3,14-18,20-22H2,1H3,(H2,38,40,44). The van der Waals surface area contributed by atoms with Gasteiger partial charge in [-0.1, -0.05) is 42.6 Å². The predicted molar refractivity (Wildman–Crippen MR) is 184 cm³/mol. The molecule has 2 N–H and O–H groups in total. The minimum atomic E-state index is -1.15. The zero-order valence-corrected chi connectivity index (χ0v) is 27.8. The van der Waals surface area contributed by atoms with Crippen molar-refractivity contribution in [3.8, 4) is 5.75 Å². The molecule has 47 heavy (non-hydrogen) atoms. The van der Waals surface area contributed by atoms with E-state index in [4.69, 9.17) is 37.4 Å². The van der Waals surface area contributed by atoms with Gasteiger partial charge in [-0.25, -0.2) is 14.5 Å². The Kier molecular flexibility index (Phi) is 10.7. The number of rotatable bonds is 12. The molecule has 6 rings (SSSR count). The van der Waals surface area contributed by atoms with E-state index in [0.717, 1.165) is 61.8 Å². The molecule has 11 nitrogen and oxygen atoms in total. The van der Waals surface area contributed by atoms with Crippen molar-refractivity contribution in [2.75, 3.05) is 61.1 Å². The molecule has 3 aromatic carbocycles. The second-order valence-electron chi connectivity index (χ2n) is 11.6. The molecule has 2 aliphatic rings. The summed E-state index contributed by atoms with van der Waals surface area (Å²) in [6, 6.07) is 21.3. The molecule has 2 saturated heterocycles. The molecular formula is C34H39Cl2N7O4. The average molecular weight is 681 g/mol. The van der Waals surface area contributed by atoms with Crippen LogP contribution in [0, 0.1) is 0 Å². The fourth-order valence-corrected chi connectivity index (χ4v) is 6.31. The summed E-state index contributed by atoms with van der Waals surface area (Å²) >= 11 is 12.7. The second kappa shape index (κ2) is 15.2. The molecule has 248 valence electrons. The van der Waals surface area contributed by atoms with Gasteiger partial charge in [0.25, 0.3) is 0 Å². The number of halogens is 2.